The van der Waals surface area contributed by atoms with Gasteiger partial charge >= 0.3 is 0 Å². The molecule has 0 fully saturated rings. The number of nitrogens with one attached hydrogen (secondary N) is 1. The molecule has 3 nitrogen and oxygen atoms in total. The highest BCUT2D eigenvalue weighted by atomic mass is 16.3. The van der Waals surface area contributed by atoms with Gasteiger partial charge in [0.2, 0.25) is 0 Å². The molecule has 2 aromatic rings. The van der Waals surface area contributed by atoms with Crippen molar-refractivity contribution in [1.29, 1.82) is 0 Å². The van der Waals surface area contributed by atoms with E-state index in [2.05, 4.69) is 4.98 Å². The zero-order valence-electron chi connectivity index (χ0n) is 8.83. The summed E-state index contributed by atoms with van der Waals surface area (Å²) in [6, 6.07) is 8.08. The zero-order chi connectivity index (χ0) is 10.9. The van der Waals surface area contributed by atoms with E-state index < -0.39 is 0 Å². The molecular weight excluding hydrogens is 188 g/mol. The van der Waals surface area contributed by atoms with Crippen LogP contribution in [0.25, 0.3) is 10.9 Å². The first kappa shape index (κ1) is 10.2. The third-order valence-corrected chi connectivity index (χ3v) is 3.04. The Kier molecular flexibility index (Phi) is 2.50. The summed E-state index contributed by atoms with van der Waals surface area (Å²) in [4.78, 5) is 3.20. The third-order valence-electron chi connectivity index (χ3n) is 3.04. The Morgan fingerprint density at radius 1 is 1.40 bits per heavy atom. The van der Waals surface area contributed by atoms with Crippen LogP contribution in [0.5, 0.6) is 0 Å². The molecule has 0 spiro atoms. The number of aliphatic hydroxyl groups excluding tert-OH is 1. The van der Waals surface area contributed by atoms with Gasteiger partial charge in [-0.3, -0.25) is 0 Å². The first-order chi connectivity index (χ1) is 7.21. The molecule has 0 radical (unpaired) electrons. The average Bonchev–Trinajstić information content (AvgIpc) is 2.75. The average molecular weight is 204 g/mol. The fraction of sp³-hybridized carbons (Fsp3) is 0.333. The number of para-hydroxylation sites is 1. The number of hydrogen-bond acceptors (Lipinski definition) is 2. The van der Waals surface area contributed by atoms with Crippen LogP contribution >= 0.6 is 0 Å². The fourth-order valence-electron chi connectivity index (χ4n) is 1.85. The predicted molar refractivity (Wildman–Crippen MR) is 61.8 cm³/mol. The lowest BCUT2D eigenvalue weighted by Crippen LogP contribution is -2.35. The van der Waals surface area contributed by atoms with Gasteiger partial charge in [-0.2, -0.15) is 0 Å². The van der Waals surface area contributed by atoms with E-state index in [1.54, 1.807) is 0 Å². The molecule has 1 aromatic heterocycles. The number of hydrogen-bond donors (Lipinski definition) is 3. The molecule has 2 rings (SSSR count). The molecule has 80 valence electrons. The number of aliphatic hydroxyl groups is 1. The van der Waals surface area contributed by atoms with Crippen LogP contribution in [-0.4, -0.2) is 23.2 Å². The van der Waals surface area contributed by atoms with Crippen molar-refractivity contribution >= 4 is 10.9 Å². The van der Waals surface area contributed by atoms with Crippen molar-refractivity contribution in [2.45, 2.75) is 12.3 Å². The monoisotopic (exact) mass is 204 g/mol. The molecule has 15 heavy (non-hydrogen) atoms. The summed E-state index contributed by atoms with van der Waals surface area (Å²) in [6.45, 7) is 2.46. The molecule has 0 bridgehead atoms. The molecule has 0 aliphatic heterocycles. The minimum atomic E-state index is -0.371. The Bertz CT molecular complexity index is 457. The number of rotatable bonds is 3. The normalized spacial score (nSPS) is 15.4. The van der Waals surface area contributed by atoms with Gasteiger partial charge in [-0.15, -0.1) is 0 Å². The number of aromatic amines is 1. The van der Waals surface area contributed by atoms with E-state index in [4.69, 9.17) is 5.73 Å². The first-order valence-corrected chi connectivity index (χ1v) is 5.09. The van der Waals surface area contributed by atoms with E-state index in [-0.39, 0.29) is 12.0 Å². The molecule has 4 N–H and O–H groups in total. The minimum Gasteiger partial charge on any atom is -0.395 e. The summed E-state index contributed by atoms with van der Waals surface area (Å²) < 4.78 is 0. The van der Waals surface area contributed by atoms with Crippen molar-refractivity contribution in [1.82, 2.24) is 4.98 Å². The minimum absolute atomic E-state index is 0.0572. The zero-order valence-corrected chi connectivity index (χ0v) is 8.83. The molecule has 1 unspecified atom stereocenters. The maximum atomic E-state index is 9.44. The summed E-state index contributed by atoms with van der Waals surface area (Å²) in [7, 11) is 0. The van der Waals surface area contributed by atoms with E-state index in [0.717, 1.165) is 16.5 Å². The smallest absolute Gasteiger partial charge is 0.0538 e. The molecule has 0 aliphatic rings. The Morgan fingerprint density at radius 2 is 2.20 bits per heavy atom. The number of benzene rings is 1. The maximum Gasteiger partial charge on any atom is 0.0538 e. The molecule has 0 saturated heterocycles. The van der Waals surface area contributed by atoms with Gasteiger partial charge in [0.1, 0.15) is 0 Å². The van der Waals surface area contributed by atoms with Crippen molar-refractivity contribution in [3.8, 4) is 0 Å². The maximum absolute atomic E-state index is 9.44. The molecule has 1 aromatic carbocycles. The van der Waals surface area contributed by atoms with Crippen molar-refractivity contribution in [2.75, 3.05) is 13.2 Å². The summed E-state index contributed by atoms with van der Waals surface area (Å²) >= 11 is 0. The second-order valence-electron chi connectivity index (χ2n) is 4.17. The van der Waals surface area contributed by atoms with Gasteiger partial charge < -0.3 is 15.8 Å². The third kappa shape index (κ3) is 1.54. The van der Waals surface area contributed by atoms with E-state index in [1.165, 1.54) is 0 Å². The van der Waals surface area contributed by atoms with E-state index in [1.807, 2.05) is 37.4 Å². The first-order valence-electron chi connectivity index (χ1n) is 5.09. The quantitative estimate of drug-likeness (QED) is 0.707. The van der Waals surface area contributed by atoms with E-state index in [0.29, 0.717) is 6.54 Å². The summed E-state index contributed by atoms with van der Waals surface area (Å²) in [6.07, 6.45) is 1.91. The summed E-state index contributed by atoms with van der Waals surface area (Å²) in [5.74, 6) is 0. The molecule has 3 heteroatoms. The van der Waals surface area contributed by atoms with Gasteiger partial charge in [0.25, 0.3) is 0 Å². The highest BCUT2D eigenvalue weighted by Gasteiger charge is 2.26. The highest BCUT2D eigenvalue weighted by molar-refractivity contribution is 5.83. The summed E-state index contributed by atoms with van der Waals surface area (Å²) in [5.41, 5.74) is 7.51. The van der Waals surface area contributed by atoms with Gasteiger partial charge in [-0.1, -0.05) is 25.1 Å². The van der Waals surface area contributed by atoms with Gasteiger partial charge in [0, 0.05) is 23.7 Å². The summed E-state index contributed by atoms with van der Waals surface area (Å²) in [5, 5.41) is 10.6. The topological polar surface area (TPSA) is 62.0 Å². The Hall–Kier alpha value is -1.32. The van der Waals surface area contributed by atoms with Crippen LogP contribution < -0.4 is 5.73 Å². The largest absolute Gasteiger partial charge is 0.395 e. The van der Waals surface area contributed by atoms with Crippen LogP contribution in [0.4, 0.5) is 0 Å². The van der Waals surface area contributed by atoms with E-state index >= 15 is 0 Å². The Labute approximate surface area is 88.9 Å². The number of aromatic nitrogens is 1. The Morgan fingerprint density at radius 3 is 2.87 bits per heavy atom. The van der Waals surface area contributed by atoms with Gasteiger partial charge in [0.15, 0.2) is 0 Å². The van der Waals surface area contributed by atoms with Crippen molar-refractivity contribution in [3.63, 3.8) is 0 Å². The highest BCUT2D eigenvalue weighted by Crippen LogP contribution is 2.28. The van der Waals surface area contributed by atoms with Crippen LogP contribution in [0.3, 0.4) is 0 Å². The lowest BCUT2D eigenvalue weighted by Gasteiger charge is -2.26. The molecule has 0 aliphatic carbocycles. The van der Waals surface area contributed by atoms with Crippen LogP contribution in [0.1, 0.15) is 12.5 Å². The number of fused-ring (bicyclic) bond motifs is 1. The molecule has 0 amide bonds. The van der Waals surface area contributed by atoms with Gasteiger partial charge in [0.05, 0.1) is 6.61 Å². The molecule has 1 heterocycles. The van der Waals surface area contributed by atoms with Crippen LogP contribution in [0.2, 0.25) is 0 Å². The Balaban J connectivity index is 2.64. The predicted octanol–water partition coefficient (Wildman–Crippen LogP) is 1.38. The van der Waals surface area contributed by atoms with Crippen LogP contribution in [0.15, 0.2) is 30.5 Å². The van der Waals surface area contributed by atoms with Crippen LogP contribution in [0, 0.1) is 0 Å². The van der Waals surface area contributed by atoms with E-state index in [9.17, 15) is 5.11 Å². The molecular formula is C12H16N2O. The van der Waals surface area contributed by atoms with Crippen molar-refractivity contribution in [2.24, 2.45) is 5.73 Å². The van der Waals surface area contributed by atoms with Crippen molar-refractivity contribution < 1.29 is 5.11 Å². The number of nitrogens with two attached hydrogens (primary N) is 1. The van der Waals surface area contributed by atoms with Gasteiger partial charge in [-0.05, 0) is 17.0 Å². The lowest BCUT2D eigenvalue weighted by atomic mass is 9.82. The molecule has 1 atom stereocenters. The second kappa shape index (κ2) is 3.68. The fourth-order valence-corrected chi connectivity index (χ4v) is 1.85. The van der Waals surface area contributed by atoms with Gasteiger partial charge in [-0.25, -0.2) is 0 Å². The number of H-pyrrole nitrogens is 1. The molecule has 0 saturated carbocycles. The SMILES string of the molecule is CC(CN)(CO)c1cccc2cc[nH]c12. The van der Waals surface area contributed by atoms with Crippen molar-refractivity contribution in [3.05, 3.63) is 36.0 Å². The second-order valence-corrected chi connectivity index (χ2v) is 4.17. The lowest BCUT2D eigenvalue weighted by molar-refractivity contribution is 0.211. The van der Waals surface area contributed by atoms with Crippen LogP contribution in [-0.2, 0) is 5.41 Å². The standard InChI is InChI=1S/C12H16N2O/c1-12(7-13,8-15)10-4-2-3-9-5-6-14-11(9)10/h2-6,14-15H,7-8,13H2,1H3.